The largest absolute Gasteiger partial charge is 0.361 e. The topological polar surface area (TPSA) is 62.1 Å². The van der Waals surface area contributed by atoms with E-state index in [4.69, 9.17) is 5.73 Å². The Morgan fingerprint density at radius 1 is 1.18 bits per heavy atom. The first-order valence-electron chi connectivity index (χ1n) is 7.85. The molecule has 22 heavy (non-hydrogen) atoms. The number of rotatable bonds is 3. The van der Waals surface area contributed by atoms with Crippen LogP contribution in [0.2, 0.25) is 0 Å². The number of nitrogens with two attached hydrogens (primary N) is 1. The first-order valence-corrected chi connectivity index (χ1v) is 7.85. The van der Waals surface area contributed by atoms with E-state index in [0.29, 0.717) is 6.42 Å². The van der Waals surface area contributed by atoms with Crippen LogP contribution in [0.4, 0.5) is 0 Å². The number of fused-ring (bicyclic) bond motifs is 1. The molecule has 120 valence electrons. The number of halogens is 1. The van der Waals surface area contributed by atoms with Gasteiger partial charge < -0.3 is 15.6 Å². The lowest BCUT2D eigenvalue weighted by Gasteiger charge is -2.23. The normalized spacial score (nSPS) is 16.9. The molecule has 0 aliphatic carbocycles. The minimum atomic E-state index is -0.442. The third-order valence-electron chi connectivity index (χ3n) is 4.35. The number of aromatic nitrogens is 1. The Kier molecular flexibility index (Phi) is 5.86. The Hall–Kier alpha value is -1.52. The Labute approximate surface area is 137 Å². The Morgan fingerprint density at radius 3 is 2.59 bits per heavy atom. The Bertz CT molecular complexity index is 617. The number of hydrogen-bond donors (Lipinski definition) is 2. The minimum Gasteiger partial charge on any atom is -0.361 e. The molecule has 3 N–H and O–H groups in total. The molecule has 1 saturated heterocycles. The van der Waals surface area contributed by atoms with Gasteiger partial charge in [0, 0.05) is 30.2 Å². The van der Waals surface area contributed by atoms with E-state index in [1.165, 1.54) is 12.8 Å². The van der Waals surface area contributed by atoms with Crippen molar-refractivity contribution in [2.75, 3.05) is 13.1 Å². The van der Waals surface area contributed by atoms with E-state index in [0.717, 1.165) is 42.4 Å². The van der Waals surface area contributed by atoms with Gasteiger partial charge >= 0.3 is 0 Å². The molecule has 1 aromatic heterocycles. The zero-order chi connectivity index (χ0) is 14.7. The second kappa shape index (κ2) is 7.65. The number of carbonyl (C=O) groups is 1. The van der Waals surface area contributed by atoms with Crippen molar-refractivity contribution < 1.29 is 4.79 Å². The van der Waals surface area contributed by atoms with Gasteiger partial charge in [-0.2, -0.15) is 0 Å². The number of nitrogens with zero attached hydrogens (tertiary/aromatic N) is 1. The molecule has 2 aromatic rings. The summed E-state index contributed by atoms with van der Waals surface area (Å²) in [5.41, 5.74) is 8.40. The highest BCUT2D eigenvalue weighted by molar-refractivity contribution is 5.86. The lowest BCUT2D eigenvalue weighted by molar-refractivity contribution is -0.132. The van der Waals surface area contributed by atoms with Crippen molar-refractivity contribution in [2.24, 2.45) is 5.73 Å². The number of amides is 1. The summed E-state index contributed by atoms with van der Waals surface area (Å²) in [6.45, 7) is 1.72. The molecule has 1 amide bonds. The summed E-state index contributed by atoms with van der Waals surface area (Å²) in [6.07, 6.45) is 7.22. The molecular formula is C17H24ClN3O. The highest BCUT2D eigenvalue weighted by atomic mass is 35.5. The molecule has 1 aliphatic rings. The summed E-state index contributed by atoms with van der Waals surface area (Å²) in [4.78, 5) is 17.7. The second-order valence-electron chi connectivity index (χ2n) is 5.91. The van der Waals surface area contributed by atoms with Gasteiger partial charge in [0.15, 0.2) is 0 Å². The van der Waals surface area contributed by atoms with Crippen LogP contribution in [0.25, 0.3) is 10.9 Å². The number of carbonyl (C=O) groups excluding carboxylic acids is 1. The van der Waals surface area contributed by atoms with Gasteiger partial charge in [-0.1, -0.05) is 31.0 Å². The third kappa shape index (κ3) is 3.62. The van der Waals surface area contributed by atoms with Gasteiger partial charge in [-0.05, 0) is 30.9 Å². The number of nitrogens with one attached hydrogen (secondary N) is 1. The molecule has 1 fully saturated rings. The van der Waals surface area contributed by atoms with Crippen LogP contribution in [0.1, 0.15) is 31.2 Å². The predicted molar refractivity (Wildman–Crippen MR) is 92.3 cm³/mol. The standard InChI is InChI=1S/C17H23N3O.ClH/c18-15(17(21)20-9-5-1-2-6-10-20)11-13-12-19-16-8-4-3-7-14(13)16;/h3-4,7-8,12,15,19H,1-2,5-6,9-11,18H2;1H/t15-;/m0./s1. The molecular weight excluding hydrogens is 298 g/mol. The van der Waals surface area contributed by atoms with Crippen LogP contribution < -0.4 is 5.73 Å². The molecule has 2 heterocycles. The van der Waals surface area contributed by atoms with E-state index >= 15 is 0 Å². The zero-order valence-corrected chi connectivity index (χ0v) is 13.6. The average molecular weight is 322 g/mol. The van der Waals surface area contributed by atoms with E-state index in [9.17, 15) is 4.79 Å². The van der Waals surface area contributed by atoms with Crippen molar-refractivity contribution >= 4 is 29.2 Å². The summed E-state index contributed by atoms with van der Waals surface area (Å²) in [6, 6.07) is 7.69. The van der Waals surface area contributed by atoms with Gasteiger partial charge in [0.05, 0.1) is 6.04 Å². The van der Waals surface area contributed by atoms with Gasteiger partial charge in [0.2, 0.25) is 5.91 Å². The Morgan fingerprint density at radius 2 is 1.86 bits per heavy atom. The number of benzene rings is 1. The van der Waals surface area contributed by atoms with Crippen molar-refractivity contribution in [3.8, 4) is 0 Å². The maximum Gasteiger partial charge on any atom is 0.239 e. The first-order chi connectivity index (χ1) is 10.3. The van der Waals surface area contributed by atoms with Crippen molar-refractivity contribution in [1.82, 2.24) is 9.88 Å². The maximum atomic E-state index is 12.5. The van der Waals surface area contributed by atoms with Crippen LogP contribution in [0.15, 0.2) is 30.5 Å². The van der Waals surface area contributed by atoms with Gasteiger partial charge in [-0.3, -0.25) is 4.79 Å². The summed E-state index contributed by atoms with van der Waals surface area (Å²) < 4.78 is 0. The molecule has 0 unspecified atom stereocenters. The summed E-state index contributed by atoms with van der Waals surface area (Å²) in [7, 11) is 0. The summed E-state index contributed by atoms with van der Waals surface area (Å²) >= 11 is 0. The molecule has 1 atom stereocenters. The van der Waals surface area contributed by atoms with Crippen LogP contribution in [-0.4, -0.2) is 34.9 Å². The minimum absolute atomic E-state index is 0. The SMILES string of the molecule is Cl.N[C@@H](Cc1c[nH]c2ccccc12)C(=O)N1CCCCCC1. The van der Waals surface area contributed by atoms with E-state index in [1.807, 2.05) is 29.3 Å². The molecule has 0 bridgehead atoms. The third-order valence-corrected chi connectivity index (χ3v) is 4.35. The first kappa shape index (κ1) is 16.8. The van der Waals surface area contributed by atoms with Crippen LogP contribution in [0.3, 0.4) is 0 Å². The van der Waals surface area contributed by atoms with Gasteiger partial charge in [0.1, 0.15) is 0 Å². The van der Waals surface area contributed by atoms with Gasteiger partial charge in [-0.25, -0.2) is 0 Å². The molecule has 3 rings (SSSR count). The number of para-hydroxylation sites is 1. The van der Waals surface area contributed by atoms with E-state index in [1.54, 1.807) is 0 Å². The van der Waals surface area contributed by atoms with E-state index < -0.39 is 6.04 Å². The summed E-state index contributed by atoms with van der Waals surface area (Å²) in [5, 5.41) is 1.16. The number of hydrogen-bond acceptors (Lipinski definition) is 2. The molecule has 1 aromatic carbocycles. The van der Waals surface area contributed by atoms with Crippen LogP contribution in [-0.2, 0) is 11.2 Å². The van der Waals surface area contributed by atoms with Gasteiger partial charge in [-0.15, -0.1) is 12.4 Å². The zero-order valence-electron chi connectivity index (χ0n) is 12.8. The number of likely N-dealkylation sites (tertiary alicyclic amines) is 1. The molecule has 0 spiro atoms. The molecule has 0 radical (unpaired) electrons. The lowest BCUT2D eigenvalue weighted by Crippen LogP contribution is -2.45. The highest BCUT2D eigenvalue weighted by Gasteiger charge is 2.22. The molecule has 5 heteroatoms. The van der Waals surface area contributed by atoms with Crippen molar-refractivity contribution in [3.05, 3.63) is 36.0 Å². The fraction of sp³-hybridized carbons (Fsp3) is 0.471. The lowest BCUT2D eigenvalue weighted by atomic mass is 10.0. The van der Waals surface area contributed by atoms with Crippen LogP contribution in [0, 0.1) is 0 Å². The van der Waals surface area contributed by atoms with Crippen molar-refractivity contribution in [1.29, 1.82) is 0 Å². The predicted octanol–water partition coefficient (Wildman–Crippen LogP) is 2.86. The fourth-order valence-corrected chi connectivity index (χ4v) is 3.15. The number of H-pyrrole nitrogens is 1. The van der Waals surface area contributed by atoms with E-state index in [-0.39, 0.29) is 18.3 Å². The van der Waals surface area contributed by atoms with Crippen molar-refractivity contribution in [3.63, 3.8) is 0 Å². The average Bonchev–Trinajstić information content (AvgIpc) is 2.74. The van der Waals surface area contributed by atoms with Gasteiger partial charge in [0.25, 0.3) is 0 Å². The molecule has 4 nitrogen and oxygen atoms in total. The fourth-order valence-electron chi connectivity index (χ4n) is 3.15. The van der Waals surface area contributed by atoms with E-state index in [2.05, 4.69) is 11.1 Å². The van der Waals surface area contributed by atoms with Crippen LogP contribution >= 0.6 is 12.4 Å². The summed E-state index contributed by atoms with van der Waals surface area (Å²) in [5.74, 6) is 0.0992. The smallest absolute Gasteiger partial charge is 0.239 e. The van der Waals surface area contributed by atoms with Crippen LogP contribution in [0.5, 0.6) is 0 Å². The maximum absolute atomic E-state index is 12.5. The quantitative estimate of drug-likeness (QED) is 0.913. The van der Waals surface area contributed by atoms with Crippen molar-refractivity contribution in [2.45, 2.75) is 38.1 Å². The second-order valence-corrected chi connectivity index (χ2v) is 5.91. The monoisotopic (exact) mass is 321 g/mol. The highest BCUT2D eigenvalue weighted by Crippen LogP contribution is 2.19. The Balaban J connectivity index is 0.00000176. The number of aromatic amines is 1. The molecule has 1 aliphatic heterocycles. The molecule has 0 saturated carbocycles.